The number of amidine groups is 1. The second-order valence-corrected chi connectivity index (χ2v) is 4.98. The van der Waals surface area contributed by atoms with Crippen molar-refractivity contribution < 1.29 is 19.2 Å². The van der Waals surface area contributed by atoms with Crippen LogP contribution in [0.1, 0.15) is 41.5 Å². The number of ketones is 3. The molecule has 0 saturated carbocycles. The fraction of sp³-hybridized carbons (Fsp3) is 0.643. The van der Waals surface area contributed by atoms with Crippen LogP contribution in [0.4, 0.5) is 0 Å². The lowest BCUT2D eigenvalue weighted by atomic mass is 9.92. The van der Waals surface area contributed by atoms with Crippen LogP contribution in [0.3, 0.4) is 0 Å². The first-order valence-electron chi connectivity index (χ1n) is 6.71. The predicted octanol–water partition coefficient (Wildman–Crippen LogP) is 2.22. The molecular weight excluding hydrogens is 528 g/mol. The van der Waals surface area contributed by atoms with E-state index in [2.05, 4.69) is 42.5 Å². The number of Topliss-reactive ketones (excluding diaryl/α,β-unsaturated/α-hetero) is 3. The van der Waals surface area contributed by atoms with Gasteiger partial charge in [-0.15, -0.1) is 0 Å². The lowest BCUT2D eigenvalue weighted by Crippen LogP contribution is -2.43. The Morgan fingerprint density at radius 1 is 0.913 bits per heavy atom. The van der Waals surface area contributed by atoms with E-state index in [1.165, 1.54) is 34.6 Å². The van der Waals surface area contributed by atoms with Gasteiger partial charge in [-0.3, -0.25) is 24.6 Å². The molecule has 0 aliphatic rings. The van der Waals surface area contributed by atoms with E-state index in [9.17, 15) is 19.2 Å². The summed E-state index contributed by atoms with van der Waals surface area (Å²) in [6.45, 7) is 8.65. The Morgan fingerprint density at radius 3 is 1.52 bits per heavy atom. The summed E-state index contributed by atoms with van der Waals surface area (Å²) in [4.78, 5) is 45.3. The molecule has 0 rings (SSSR count). The van der Waals surface area contributed by atoms with Crippen LogP contribution in [0.2, 0.25) is 0 Å². The van der Waals surface area contributed by atoms with Gasteiger partial charge >= 0.3 is 0 Å². The highest BCUT2D eigenvalue weighted by molar-refractivity contribution is 15.0. The van der Waals surface area contributed by atoms with Crippen molar-refractivity contribution in [2.45, 2.75) is 47.6 Å². The minimum Gasteiger partial charge on any atom is -0.388 e. The quantitative estimate of drug-likeness (QED) is 0.201. The molecule has 0 aliphatic heterocycles. The smallest absolute Gasteiger partial charge is 0.230 e. The monoisotopic (exact) mass is 553 g/mol. The fourth-order valence-corrected chi connectivity index (χ4v) is 1.14. The molecule has 9 heteroatoms. The van der Waals surface area contributed by atoms with E-state index < -0.39 is 29.6 Å². The summed E-state index contributed by atoms with van der Waals surface area (Å²) < 4.78 is 0. The number of amides is 1. The zero-order valence-corrected chi connectivity index (χ0v) is 18.5. The Labute approximate surface area is 160 Å². The minimum absolute atomic E-state index is 0.167. The summed E-state index contributed by atoms with van der Waals surface area (Å²) in [5, 5.41) is 8.71. The largest absolute Gasteiger partial charge is 0.388 e. The minimum atomic E-state index is -0.921. The maximum atomic E-state index is 11.7. The Morgan fingerprint density at radius 2 is 1.26 bits per heavy atom. The number of hydrogen-bond acceptors (Lipinski definition) is 5. The molecule has 0 heterocycles. The first-order chi connectivity index (χ1) is 10.4. The Balaban J connectivity index is -0.000000574. The Kier molecular flexibility index (Phi) is 17.7. The predicted molar refractivity (Wildman–Crippen MR) is 108 cm³/mol. The first kappa shape index (κ1) is 27.3. The van der Waals surface area contributed by atoms with E-state index in [4.69, 9.17) is 11.1 Å². The molecule has 3 atom stereocenters. The molecule has 0 saturated heterocycles. The third kappa shape index (κ3) is 14.7. The number of carbonyl (C=O) groups is 4. The van der Waals surface area contributed by atoms with Crippen LogP contribution in [0.5, 0.6) is 0 Å². The Hall–Kier alpha value is -0.590. The molecule has 0 spiro atoms. The van der Waals surface area contributed by atoms with Gasteiger partial charge < -0.3 is 11.1 Å². The fourth-order valence-electron chi connectivity index (χ4n) is 1.14. The zero-order valence-electron chi connectivity index (χ0n) is 14.2. The second-order valence-electron chi connectivity index (χ2n) is 4.98. The summed E-state index contributed by atoms with van der Waals surface area (Å²) in [6, 6.07) is -0.620. The van der Waals surface area contributed by atoms with Gasteiger partial charge in [0.1, 0.15) is 5.78 Å². The van der Waals surface area contributed by atoms with E-state index >= 15 is 0 Å². The van der Waals surface area contributed by atoms with Crippen molar-refractivity contribution in [1.29, 1.82) is 5.41 Å². The van der Waals surface area contributed by atoms with Gasteiger partial charge in [-0.05, 0) is 41.5 Å². The summed E-state index contributed by atoms with van der Waals surface area (Å²) in [7, 11) is 0. The number of carbonyl (C=O) groups excluding carboxylic acids is 4. The highest BCUT2D eigenvalue weighted by atomic mass is 128. The van der Waals surface area contributed by atoms with Crippen LogP contribution in [-0.2, 0) is 19.2 Å². The van der Waals surface area contributed by atoms with Crippen molar-refractivity contribution in [2.75, 3.05) is 0 Å². The van der Waals surface area contributed by atoms with Crippen LogP contribution in [-0.4, -0.2) is 35.1 Å². The van der Waals surface area contributed by atoms with Crippen molar-refractivity contribution >= 4 is 66.3 Å². The molecule has 0 aromatic rings. The molecule has 134 valence electrons. The van der Waals surface area contributed by atoms with Gasteiger partial charge in [-0.2, -0.15) is 0 Å². The normalized spacial score (nSPS) is 12.9. The van der Waals surface area contributed by atoms with Gasteiger partial charge in [-0.25, -0.2) is 0 Å². The van der Waals surface area contributed by atoms with Crippen molar-refractivity contribution in [2.24, 2.45) is 17.6 Å². The third-order valence-corrected chi connectivity index (χ3v) is 2.83. The Bertz CT molecular complexity index is 438. The van der Waals surface area contributed by atoms with Gasteiger partial charge in [-0.1, -0.05) is 0 Å². The van der Waals surface area contributed by atoms with Crippen LogP contribution in [0.15, 0.2) is 0 Å². The number of nitrogens with two attached hydrogens (primary N) is 1. The van der Waals surface area contributed by atoms with Gasteiger partial charge in [0.2, 0.25) is 5.91 Å². The maximum Gasteiger partial charge on any atom is 0.230 e. The topological polar surface area (TPSA) is 130 Å². The van der Waals surface area contributed by atoms with Gasteiger partial charge in [0.05, 0.1) is 23.7 Å². The molecule has 1 amide bonds. The summed E-state index contributed by atoms with van der Waals surface area (Å²) >= 11 is 4.24. The highest BCUT2D eigenvalue weighted by Gasteiger charge is 2.29. The number of halogens is 2. The van der Waals surface area contributed by atoms with Gasteiger partial charge in [0, 0.05) is 37.2 Å². The van der Waals surface area contributed by atoms with Crippen LogP contribution in [0.25, 0.3) is 0 Å². The molecule has 7 nitrogen and oxygen atoms in total. The van der Waals surface area contributed by atoms with Gasteiger partial charge in [0.15, 0.2) is 11.6 Å². The molecular formula is C14H25I2N3O4. The lowest BCUT2D eigenvalue weighted by molar-refractivity contribution is -0.139. The average molecular weight is 553 g/mol. The van der Waals surface area contributed by atoms with E-state index in [1.54, 1.807) is 6.92 Å². The summed E-state index contributed by atoms with van der Waals surface area (Å²) in [6.07, 6.45) is 0. The molecule has 0 fully saturated rings. The lowest BCUT2D eigenvalue weighted by Gasteiger charge is -2.16. The van der Waals surface area contributed by atoms with Gasteiger partial charge in [0.25, 0.3) is 0 Å². The van der Waals surface area contributed by atoms with Crippen molar-refractivity contribution in [3.8, 4) is 0 Å². The molecule has 23 heavy (non-hydrogen) atoms. The molecule has 4 N–H and O–H groups in total. The van der Waals surface area contributed by atoms with E-state index in [-0.39, 0.29) is 17.4 Å². The number of nitrogens with one attached hydrogen (secondary N) is 2. The van der Waals surface area contributed by atoms with Crippen LogP contribution >= 0.6 is 37.2 Å². The third-order valence-electron chi connectivity index (χ3n) is 2.83. The van der Waals surface area contributed by atoms with Crippen LogP contribution in [0, 0.1) is 17.2 Å². The summed E-state index contributed by atoms with van der Waals surface area (Å²) in [5.74, 6) is -2.94. The average Bonchev–Trinajstić information content (AvgIpc) is 2.45. The van der Waals surface area contributed by atoms with E-state index in [0.717, 1.165) is 0 Å². The van der Waals surface area contributed by atoms with Crippen molar-refractivity contribution in [3.05, 3.63) is 0 Å². The zero-order chi connectivity index (χ0) is 19.3. The number of hydrogen-bond donors (Lipinski definition) is 3. The highest BCUT2D eigenvalue weighted by Crippen LogP contribution is 2.09. The molecule has 0 bridgehead atoms. The standard InChI is InChI=1S/C12H19NO4.C2H6N2.I2/c1-6(9(4)14)11(16)7(2)12(17)13-8(3)10(5)15;1-2(3)4;1-2/h6-8H,1-5H3,(H,13,17);1H3,(H3,3,4);. The molecule has 0 aromatic carbocycles. The maximum absolute atomic E-state index is 11.7. The first-order valence-corrected chi connectivity index (χ1v) is 13.0. The van der Waals surface area contributed by atoms with Crippen LogP contribution < -0.4 is 11.1 Å². The summed E-state index contributed by atoms with van der Waals surface area (Å²) in [5.41, 5.74) is 4.69. The number of rotatable bonds is 6. The van der Waals surface area contributed by atoms with Crippen molar-refractivity contribution in [1.82, 2.24) is 5.32 Å². The van der Waals surface area contributed by atoms with E-state index in [0.29, 0.717) is 0 Å². The SMILES string of the molecule is CC(=N)N.CC(=O)C(C)NC(=O)C(C)C(=O)C(C)C(C)=O.II. The molecule has 0 radical (unpaired) electrons. The molecule has 0 aromatic heterocycles. The van der Waals surface area contributed by atoms with Crippen molar-refractivity contribution in [3.63, 3.8) is 0 Å². The molecule has 3 unspecified atom stereocenters. The molecule has 0 aliphatic carbocycles. The second kappa shape index (κ2) is 15.0. The van der Waals surface area contributed by atoms with E-state index in [1.807, 2.05) is 0 Å².